The molecule has 3 N–H and O–H groups in total. The van der Waals surface area contributed by atoms with Crippen LogP contribution in [0.5, 0.6) is 0 Å². The first-order valence-corrected chi connectivity index (χ1v) is 2.11. The van der Waals surface area contributed by atoms with Crippen molar-refractivity contribution in [3.63, 3.8) is 0 Å². The average Bonchev–Trinajstić information content (AvgIpc) is 1.60. The van der Waals surface area contributed by atoms with E-state index in [9.17, 15) is 18.0 Å². The minimum atomic E-state index is -4.75. The molecule has 58 valence electrons. The first-order chi connectivity index (χ1) is 4.34. The van der Waals surface area contributed by atoms with Crippen LogP contribution in [0, 0.1) is 0 Å². The minimum absolute atomic E-state index is 0.0972. The van der Waals surface area contributed by atoms with E-state index in [0.29, 0.717) is 0 Å². The van der Waals surface area contributed by atoms with Crippen LogP contribution >= 0.6 is 0 Å². The van der Waals surface area contributed by atoms with Crippen molar-refractivity contribution in [3.8, 4) is 0 Å². The van der Waals surface area contributed by atoms with E-state index >= 15 is 0 Å². The average molecular weight is 155 g/mol. The maximum Gasteiger partial charge on any atom is 0.430 e. The second kappa shape index (κ2) is 2.59. The van der Waals surface area contributed by atoms with Crippen molar-refractivity contribution < 1.29 is 23.1 Å². The smallest absolute Gasteiger partial charge is 0.430 e. The monoisotopic (exact) mass is 155 g/mol. The lowest BCUT2D eigenvalue weighted by Crippen LogP contribution is -2.20. The van der Waals surface area contributed by atoms with Crippen molar-refractivity contribution in [2.24, 2.45) is 5.73 Å². The fourth-order valence-electron chi connectivity index (χ4n) is 0.215. The molecule has 0 aromatic rings. The Labute approximate surface area is 53.9 Å². The number of allylic oxidation sites excluding steroid dienone is 1. The number of carbonyl (C=O) groups is 1. The number of nitrogens with two attached hydrogens (primary N) is 1. The molecule has 0 unspecified atom stereocenters. The first-order valence-electron chi connectivity index (χ1n) is 2.11. The molecule has 6 heteroatoms. The third kappa shape index (κ3) is 2.95. The molecule has 10 heavy (non-hydrogen) atoms. The summed E-state index contributed by atoms with van der Waals surface area (Å²) in [6, 6.07) is 0. The van der Waals surface area contributed by atoms with Crippen LogP contribution in [0.2, 0.25) is 0 Å². The summed E-state index contributed by atoms with van der Waals surface area (Å²) in [6.07, 6.45) is -4.85. The second-order valence-corrected chi connectivity index (χ2v) is 1.44. The van der Waals surface area contributed by atoms with Crippen molar-refractivity contribution >= 4 is 5.97 Å². The molecule has 0 aromatic carbocycles. The third-order valence-corrected chi connectivity index (χ3v) is 0.606. The highest BCUT2D eigenvalue weighted by Crippen LogP contribution is 2.20. The summed E-state index contributed by atoms with van der Waals surface area (Å²) >= 11 is 0. The van der Waals surface area contributed by atoms with E-state index in [1.54, 1.807) is 0 Å². The predicted molar refractivity (Wildman–Crippen MR) is 26.0 cm³/mol. The molecule has 0 aromatic heterocycles. The Morgan fingerprint density at radius 1 is 1.50 bits per heavy atom. The zero-order chi connectivity index (χ0) is 8.36. The van der Waals surface area contributed by atoms with Crippen LogP contribution in [-0.4, -0.2) is 17.3 Å². The van der Waals surface area contributed by atoms with Crippen LogP contribution in [0.3, 0.4) is 0 Å². The van der Waals surface area contributed by atoms with Crippen molar-refractivity contribution in [1.29, 1.82) is 0 Å². The van der Waals surface area contributed by atoms with Gasteiger partial charge >= 0.3 is 12.1 Å². The summed E-state index contributed by atoms with van der Waals surface area (Å²) in [5.74, 6) is -1.71. The van der Waals surface area contributed by atoms with E-state index in [0.717, 1.165) is 0 Å². The number of halogens is 3. The molecule has 0 fully saturated rings. The lowest BCUT2D eigenvalue weighted by atomic mass is 10.4. The van der Waals surface area contributed by atoms with Gasteiger partial charge in [-0.3, -0.25) is 0 Å². The summed E-state index contributed by atoms with van der Waals surface area (Å²) < 4.78 is 34.1. The highest BCUT2D eigenvalue weighted by Gasteiger charge is 2.31. The van der Waals surface area contributed by atoms with Crippen molar-refractivity contribution in [3.05, 3.63) is 11.8 Å². The standard InChI is InChI=1S/C4H4F3NO2/c5-4(6,7)2(8)1-3(9)10/h1H,8H2,(H,9,10)/b2-1+. The number of hydrogen-bond donors (Lipinski definition) is 2. The lowest BCUT2D eigenvalue weighted by Gasteiger charge is -2.03. The van der Waals surface area contributed by atoms with E-state index in [1.165, 1.54) is 0 Å². The van der Waals surface area contributed by atoms with Crippen molar-refractivity contribution in [1.82, 2.24) is 0 Å². The molecular formula is C4H4F3NO2. The van der Waals surface area contributed by atoms with Gasteiger partial charge in [0.05, 0.1) is 6.08 Å². The minimum Gasteiger partial charge on any atom is -0.478 e. The van der Waals surface area contributed by atoms with Crippen LogP contribution in [0.4, 0.5) is 13.2 Å². The van der Waals surface area contributed by atoms with E-state index < -0.39 is 17.8 Å². The molecule has 0 aliphatic heterocycles. The molecule has 0 atom stereocenters. The number of carboxylic acids is 1. The Kier molecular flexibility index (Phi) is 2.28. The molecular weight excluding hydrogens is 151 g/mol. The molecule has 0 aliphatic carbocycles. The normalized spacial score (nSPS) is 13.3. The van der Waals surface area contributed by atoms with Gasteiger partial charge in [0.25, 0.3) is 0 Å². The molecule has 0 rings (SSSR count). The molecule has 0 radical (unpaired) electrons. The number of carboxylic acid groups (broad SMARTS) is 1. The Morgan fingerprint density at radius 3 is 2.00 bits per heavy atom. The fraction of sp³-hybridized carbons (Fsp3) is 0.250. The van der Waals surface area contributed by atoms with Gasteiger partial charge in [-0.25, -0.2) is 4.79 Å². The maximum absolute atomic E-state index is 11.4. The summed E-state index contributed by atoms with van der Waals surface area (Å²) in [5, 5.41) is 7.79. The molecule has 0 saturated heterocycles. The summed E-state index contributed by atoms with van der Waals surface area (Å²) in [4.78, 5) is 9.60. The van der Waals surface area contributed by atoms with Crippen LogP contribution < -0.4 is 5.73 Å². The van der Waals surface area contributed by atoms with Crippen LogP contribution in [-0.2, 0) is 4.79 Å². The van der Waals surface area contributed by atoms with Gasteiger partial charge in [0.1, 0.15) is 5.70 Å². The van der Waals surface area contributed by atoms with Crippen molar-refractivity contribution in [2.75, 3.05) is 0 Å². The summed E-state index contributed by atoms with van der Waals surface area (Å²) in [5.41, 5.74) is 2.70. The van der Waals surface area contributed by atoms with E-state index in [4.69, 9.17) is 5.11 Å². The Balaban J connectivity index is 4.35. The quantitative estimate of drug-likeness (QED) is 0.541. The third-order valence-electron chi connectivity index (χ3n) is 0.606. The predicted octanol–water partition coefficient (Wildman–Crippen LogP) is 0.476. The molecule has 0 bridgehead atoms. The molecule has 3 nitrogen and oxygen atoms in total. The zero-order valence-corrected chi connectivity index (χ0v) is 4.64. The van der Waals surface area contributed by atoms with Crippen molar-refractivity contribution in [2.45, 2.75) is 6.18 Å². The molecule has 0 amide bonds. The first kappa shape index (κ1) is 8.80. The van der Waals surface area contributed by atoms with Gasteiger partial charge in [-0.2, -0.15) is 13.2 Å². The number of aliphatic carboxylic acids is 1. The molecule has 0 heterocycles. The van der Waals surface area contributed by atoms with Crippen LogP contribution in [0.15, 0.2) is 11.8 Å². The van der Waals surface area contributed by atoms with E-state index in [2.05, 4.69) is 5.73 Å². The van der Waals surface area contributed by atoms with Gasteiger partial charge in [0.15, 0.2) is 0 Å². The molecule has 0 saturated carbocycles. The van der Waals surface area contributed by atoms with E-state index in [1.807, 2.05) is 0 Å². The van der Waals surface area contributed by atoms with Gasteiger partial charge in [-0.1, -0.05) is 0 Å². The highest BCUT2D eigenvalue weighted by atomic mass is 19.4. The molecule has 0 spiro atoms. The summed E-state index contributed by atoms with van der Waals surface area (Å²) in [7, 11) is 0. The number of hydrogen-bond acceptors (Lipinski definition) is 2. The summed E-state index contributed by atoms with van der Waals surface area (Å²) in [6.45, 7) is 0. The number of alkyl halides is 3. The lowest BCUT2D eigenvalue weighted by molar-refractivity contribution is -0.132. The van der Waals surface area contributed by atoms with Crippen LogP contribution in [0.1, 0.15) is 0 Å². The van der Waals surface area contributed by atoms with Crippen LogP contribution in [0.25, 0.3) is 0 Å². The largest absolute Gasteiger partial charge is 0.478 e. The zero-order valence-electron chi connectivity index (χ0n) is 4.64. The Morgan fingerprint density at radius 2 is 1.90 bits per heavy atom. The second-order valence-electron chi connectivity index (χ2n) is 1.44. The maximum atomic E-state index is 11.4. The van der Waals surface area contributed by atoms with Gasteiger partial charge in [-0.05, 0) is 0 Å². The number of rotatable bonds is 1. The Bertz CT molecular complexity index is 172. The van der Waals surface area contributed by atoms with Gasteiger partial charge in [0.2, 0.25) is 0 Å². The van der Waals surface area contributed by atoms with E-state index in [-0.39, 0.29) is 6.08 Å². The van der Waals surface area contributed by atoms with Gasteiger partial charge in [-0.15, -0.1) is 0 Å². The SMILES string of the molecule is N/C(=C/C(=O)O)C(F)(F)F. The molecule has 0 aliphatic rings. The highest BCUT2D eigenvalue weighted by molar-refractivity contribution is 5.80. The van der Waals surface area contributed by atoms with Gasteiger partial charge < -0.3 is 10.8 Å². The topological polar surface area (TPSA) is 63.3 Å². The Hall–Kier alpha value is -1.20. The fourth-order valence-corrected chi connectivity index (χ4v) is 0.215. The van der Waals surface area contributed by atoms with Gasteiger partial charge in [0, 0.05) is 0 Å².